The van der Waals surface area contributed by atoms with E-state index in [1.165, 1.54) is 18.6 Å². The highest BCUT2D eigenvalue weighted by Gasteiger charge is 2.11. The minimum absolute atomic E-state index is 0.0691. The second-order valence-corrected chi connectivity index (χ2v) is 5.00. The van der Waals surface area contributed by atoms with Gasteiger partial charge in [-0.2, -0.15) is 0 Å². The maximum Gasteiger partial charge on any atom is 0.359 e. The van der Waals surface area contributed by atoms with Gasteiger partial charge in [0.05, 0.1) is 6.20 Å². The van der Waals surface area contributed by atoms with E-state index in [0.29, 0.717) is 6.54 Å². The Bertz CT molecular complexity index is 657. The van der Waals surface area contributed by atoms with Crippen molar-refractivity contribution in [1.82, 2.24) is 15.3 Å². The summed E-state index contributed by atoms with van der Waals surface area (Å²) in [4.78, 5) is 32.9. The van der Waals surface area contributed by atoms with E-state index < -0.39 is 5.97 Å². The van der Waals surface area contributed by atoms with Crippen LogP contribution in [0.5, 0.6) is 0 Å². The Morgan fingerprint density at radius 2 is 1.91 bits per heavy atom. The number of carbonyl (C=O) groups excluding carboxylic acids is 2. The molecule has 1 aromatic heterocycles. The van der Waals surface area contributed by atoms with Gasteiger partial charge in [-0.3, -0.25) is 9.78 Å². The molecule has 1 amide bonds. The molecular weight excluding hydrogens is 296 g/mol. The molecule has 0 fully saturated rings. The van der Waals surface area contributed by atoms with E-state index in [0.717, 1.165) is 11.3 Å². The van der Waals surface area contributed by atoms with Crippen molar-refractivity contribution in [3.8, 4) is 0 Å². The van der Waals surface area contributed by atoms with Crippen molar-refractivity contribution in [3.63, 3.8) is 0 Å². The lowest BCUT2D eigenvalue weighted by atomic mass is 10.2. The summed E-state index contributed by atoms with van der Waals surface area (Å²) in [7, 11) is 3.92. The molecule has 1 aromatic carbocycles. The molecule has 7 nitrogen and oxygen atoms in total. The Morgan fingerprint density at radius 1 is 1.17 bits per heavy atom. The Morgan fingerprint density at radius 3 is 2.52 bits per heavy atom. The van der Waals surface area contributed by atoms with E-state index >= 15 is 0 Å². The van der Waals surface area contributed by atoms with Crippen LogP contribution in [0.2, 0.25) is 0 Å². The fourth-order valence-corrected chi connectivity index (χ4v) is 1.77. The largest absolute Gasteiger partial charge is 0.451 e. The van der Waals surface area contributed by atoms with Crippen LogP contribution in [0.25, 0.3) is 0 Å². The van der Waals surface area contributed by atoms with Crippen molar-refractivity contribution in [2.24, 2.45) is 0 Å². The van der Waals surface area contributed by atoms with Crippen LogP contribution in [0.3, 0.4) is 0 Å². The smallest absolute Gasteiger partial charge is 0.359 e. The maximum absolute atomic E-state index is 11.7. The van der Waals surface area contributed by atoms with Crippen molar-refractivity contribution >= 4 is 17.6 Å². The summed E-state index contributed by atoms with van der Waals surface area (Å²) < 4.78 is 4.87. The van der Waals surface area contributed by atoms with E-state index in [9.17, 15) is 9.59 Å². The summed E-state index contributed by atoms with van der Waals surface area (Å²) in [6.45, 7) is 0.0143. The number of aromatic nitrogens is 2. The summed E-state index contributed by atoms with van der Waals surface area (Å²) >= 11 is 0. The van der Waals surface area contributed by atoms with Crippen molar-refractivity contribution < 1.29 is 14.3 Å². The summed E-state index contributed by atoms with van der Waals surface area (Å²) in [5, 5.41) is 2.69. The number of carbonyl (C=O) groups is 2. The van der Waals surface area contributed by atoms with Crippen molar-refractivity contribution in [2.75, 3.05) is 25.6 Å². The molecule has 23 heavy (non-hydrogen) atoms. The molecule has 0 spiro atoms. The maximum atomic E-state index is 11.7. The zero-order valence-corrected chi connectivity index (χ0v) is 13.0. The molecule has 0 radical (unpaired) electrons. The van der Waals surface area contributed by atoms with E-state index in [-0.39, 0.29) is 18.2 Å². The summed E-state index contributed by atoms with van der Waals surface area (Å²) in [5.74, 6) is -1.05. The number of nitrogens with zero attached hydrogens (tertiary/aromatic N) is 3. The molecule has 0 saturated carbocycles. The molecule has 0 aliphatic carbocycles. The SMILES string of the molecule is CN(C)c1ccc(CNC(=O)COC(=O)c2cnccn2)cc1. The van der Waals surface area contributed by atoms with Gasteiger partial charge in [-0.25, -0.2) is 9.78 Å². The van der Waals surface area contributed by atoms with Crippen LogP contribution >= 0.6 is 0 Å². The Hall–Kier alpha value is -2.96. The molecule has 2 aromatic rings. The average molecular weight is 314 g/mol. The molecule has 7 heteroatoms. The number of hydrogen-bond acceptors (Lipinski definition) is 6. The Balaban J connectivity index is 1.76. The predicted molar refractivity (Wildman–Crippen MR) is 84.9 cm³/mol. The van der Waals surface area contributed by atoms with Crippen LogP contribution in [0.15, 0.2) is 42.9 Å². The number of esters is 1. The van der Waals surface area contributed by atoms with Crippen molar-refractivity contribution in [1.29, 1.82) is 0 Å². The van der Waals surface area contributed by atoms with Crippen LogP contribution in [0.4, 0.5) is 5.69 Å². The number of rotatable bonds is 6. The lowest BCUT2D eigenvalue weighted by Crippen LogP contribution is -2.28. The number of nitrogens with one attached hydrogen (secondary N) is 1. The fraction of sp³-hybridized carbons (Fsp3) is 0.250. The summed E-state index contributed by atoms with van der Waals surface area (Å²) in [5.41, 5.74) is 2.11. The second-order valence-electron chi connectivity index (χ2n) is 5.00. The Kier molecular flexibility index (Phi) is 5.62. The van der Waals surface area contributed by atoms with Gasteiger partial charge in [-0.05, 0) is 17.7 Å². The van der Waals surface area contributed by atoms with Gasteiger partial charge in [0.2, 0.25) is 0 Å². The summed E-state index contributed by atoms with van der Waals surface area (Å²) in [6.07, 6.45) is 4.12. The Labute approximate surface area is 134 Å². The monoisotopic (exact) mass is 314 g/mol. The molecular formula is C16H18N4O3. The molecule has 1 N–H and O–H groups in total. The normalized spacial score (nSPS) is 10.0. The highest BCUT2D eigenvalue weighted by molar-refractivity contribution is 5.89. The molecule has 1 heterocycles. The molecule has 120 valence electrons. The van der Waals surface area contributed by atoms with Gasteiger partial charge in [-0.1, -0.05) is 12.1 Å². The first kappa shape index (κ1) is 16.4. The topological polar surface area (TPSA) is 84.4 Å². The number of amides is 1. The zero-order chi connectivity index (χ0) is 16.7. The third-order valence-corrected chi connectivity index (χ3v) is 3.05. The highest BCUT2D eigenvalue weighted by Crippen LogP contribution is 2.11. The minimum Gasteiger partial charge on any atom is -0.451 e. The van der Waals surface area contributed by atoms with Gasteiger partial charge in [0, 0.05) is 38.7 Å². The van der Waals surface area contributed by atoms with Gasteiger partial charge in [0.25, 0.3) is 5.91 Å². The standard InChI is InChI=1S/C16H18N4O3/c1-20(2)13-5-3-12(4-6-13)9-19-15(21)11-23-16(22)14-10-17-7-8-18-14/h3-8,10H,9,11H2,1-2H3,(H,19,21). The fourth-order valence-electron chi connectivity index (χ4n) is 1.77. The zero-order valence-electron chi connectivity index (χ0n) is 13.0. The average Bonchev–Trinajstić information content (AvgIpc) is 2.59. The third-order valence-electron chi connectivity index (χ3n) is 3.05. The first-order valence-corrected chi connectivity index (χ1v) is 7.02. The van der Waals surface area contributed by atoms with E-state index in [2.05, 4.69) is 15.3 Å². The second kappa shape index (κ2) is 7.88. The number of hydrogen-bond donors (Lipinski definition) is 1. The van der Waals surface area contributed by atoms with Gasteiger partial charge in [-0.15, -0.1) is 0 Å². The highest BCUT2D eigenvalue weighted by atomic mass is 16.5. The number of benzene rings is 1. The van der Waals surface area contributed by atoms with E-state index in [1.807, 2.05) is 43.3 Å². The predicted octanol–water partition coefficient (Wildman–Crippen LogP) is 1.02. The van der Waals surface area contributed by atoms with Gasteiger partial charge < -0.3 is 15.0 Å². The van der Waals surface area contributed by atoms with Crippen LogP contribution in [0.1, 0.15) is 16.1 Å². The third kappa shape index (κ3) is 5.06. The van der Waals surface area contributed by atoms with Gasteiger partial charge in [0.15, 0.2) is 12.3 Å². The number of anilines is 1. The molecule has 0 aliphatic heterocycles. The molecule has 0 atom stereocenters. The molecule has 0 saturated heterocycles. The quantitative estimate of drug-likeness (QED) is 0.801. The van der Waals surface area contributed by atoms with Gasteiger partial charge >= 0.3 is 5.97 Å². The van der Waals surface area contributed by atoms with Crippen molar-refractivity contribution in [2.45, 2.75) is 6.54 Å². The minimum atomic E-state index is -0.677. The van der Waals surface area contributed by atoms with E-state index in [4.69, 9.17) is 4.74 Å². The first-order chi connectivity index (χ1) is 11.1. The van der Waals surface area contributed by atoms with Crippen LogP contribution in [0, 0.1) is 0 Å². The lowest BCUT2D eigenvalue weighted by Gasteiger charge is -2.13. The lowest BCUT2D eigenvalue weighted by molar-refractivity contribution is -0.124. The van der Waals surface area contributed by atoms with Gasteiger partial charge in [0.1, 0.15) is 0 Å². The van der Waals surface area contributed by atoms with Crippen LogP contribution in [-0.2, 0) is 16.1 Å². The first-order valence-electron chi connectivity index (χ1n) is 7.02. The van der Waals surface area contributed by atoms with Crippen LogP contribution < -0.4 is 10.2 Å². The van der Waals surface area contributed by atoms with Crippen molar-refractivity contribution in [3.05, 3.63) is 54.1 Å². The van der Waals surface area contributed by atoms with Crippen LogP contribution in [-0.4, -0.2) is 42.5 Å². The molecule has 0 unspecified atom stereocenters. The summed E-state index contributed by atoms with van der Waals surface area (Å²) in [6, 6.07) is 7.80. The molecule has 0 bridgehead atoms. The van der Waals surface area contributed by atoms with E-state index in [1.54, 1.807) is 0 Å². The number of ether oxygens (including phenoxy) is 1. The molecule has 0 aliphatic rings. The molecule has 2 rings (SSSR count).